The average molecular weight is 463 g/mol. The van der Waals surface area contributed by atoms with E-state index in [9.17, 15) is 4.79 Å². The molecule has 0 saturated heterocycles. The third kappa shape index (κ3) is 3.84. The van der Waals surface area contributed by atoms with Crippen molar-refractivity contribution in [3.63, 3.8) is 0 Å². The van der Waals surface area contributed by atoms with Crippen LogP contribution in [0.2, 0.25) is 39.3 Å². The molecule has 0 aromatic rings. The molecule has 31 heavy (non-hydrogen) atoms. The summed E-state index contributed by atoms with van der Waals surface area (Å²) in [7, 11) is -3.65. The van der Waals surface area contributed by atoms with Crippen molar-refractivity contribution in [1.29, 1.82) is 0 Å². The molecular formula is C26H46O3Si2. The SMILES string of the molecule is C=C1C[C@@]23C[C@H]1CC[C@@H]2[C@@]1(C)CCC[C@](C)(C(=O)O[Si](C)(C)C)[C@@H]1C[C@@H]3O[Si](C)(C)C. The summed E-state index contributed by atoms with van der Waals surface area (Å²) in [5, 5.41) is 0. The highest BCUT2D eigenvalue weighted by molar-refractivity contribution is 6.71. The van der Waals surface area contributed by atoms with Crippen molar-refractivity contribution in [1.82, 2.24) is 0 Å². The van der Waals surface area contributed by atoms with Crippen molar-refractivity contribution in [3.8, 4) is 0 Å². The zero-order chi connectivity index (χ0) is 23.0. The molecule has 0 aromatic heterocycles. The standard InChI is InChI=1S/C26H46O3Si2/c1-18-16-26-17-19(18)11-12-20(26)24(2)13-10-14-25(3,23(27)29-31(7,8)9)21(24)15-22(26)28-30(4,5)6/h19-22H,1,10-17H2,2-9H3/t19-,20-,21-,22+,24-,25+,26-/m1/s1. The van der Waals surface area contributed by atoms with Crippen LogP contribution in [0.4, 0.5) is 0 Å². The molecular weight excluding hydrogens is 416 g/mol. The van der Waals surface area contributed by atoms with Gasteiger partial charge in [-0.25, -0.2) is 0 Å². The normalized spacial score (nSPS) is 45.1. The van der Waals surface area contributed by atoms with Crippen LogP contribution in [0.15, 0.2) is 12.2 Å². The Morgan fingerprint density at radius 3 is 2.29 bits per heavy atom. The molecule has 4 aliphatic rings. The van der Waals surface area contributed by atoms with E-state index in [2.05, 4.69) is 59.7 Å². The molecule has 176 valence electrons. The zero-order valence-corrected chi connectivity index (χ0v) is 23.4. The van der Waals surface area contributed by atoms with E-state index in [0.29, 0.717) is 17.8 Å². The van der Waals surface area contributed by atoms with Gasteiger partial charge < -0.3 is 8.85 Å². The Labute approximate surface area is 193 Å². The molecule has 3 nitrogen and oxygen atoms in total. The lowest BCUT2D eigenvalue weighted by atomic mass is 9.40. The first-order valence-electron chi connectivity index (χ1n) is 12.7. The molecule has 4 fully saturated rings. The summed E-state index contributed by atoms with van der Waals surface area (Å²) in [5.41, 5.74) is 1.53. The van der Waals surface area contributed by atoms with Crippen LogP contribution in [0.25, 0.3) is 0 Å². The monoisotopic (exact) mass is 462 g/mol. The number of carbonyl (C=O) groups excluding carboxylic acids is 1. The molecule has 0 aliphatic heterocycles. The van der Waals surface area contributed by atoms with Crippen LogP contribution in [-0.2, 0) is 13.6 Å². The van der Waals surface area contributed by atoms with Gasteiger partial charge in [-0.15, -0.1) is 0 Å². The highest BCUT2D eigenvalue weighted by Gasteiger charge is 2.69. The number of allylic oxidation sites excluding steroid dienone is 1. The molecule has 4 rings (SSSR count). The lowest BCUT2D eigenvalue weighted by Crippen LogP contribution is -2.64. The van der Waals surface area contributed by atoms with Crippen molar-refractivity contribution in [3.05, 3.63) is 12.2 Å². The molecule has 0 amide bonds. The summed E-state index contributed by atoms with van der Waals surface area (Å²) >= 11 is 0. The predicted molar refractivity (Wildman–Crippen MR) is 133 cm³/mol. The highest BCUT2D eigenvalue weighted by atomic mass is 28.4. The van der Waals surface area contributed by atoms with Crippen molar-refractivity contribution in [2.45, 2.75) is 111 Å². The lowest BCUT2D eigenvalue weighted by molar-refractivity contribution is -0.204. The zero-order valence-electron chi connectivity index (χ0n) is 21.4. The van der Waals surface area contributed by atoms with E-state index in [4.69, 9.17) is 8.85 Å². The molecule has 0 heterocycles. The number of hydrogen-bond donors (Lipinski definition) is 0. The Morgan fingerprint density at radius 2 is 1.68 bits per heavy atom. The van der Waals surface area contributed by atoms with Crippen molar-refractivity contribution >= 4 is 22.6 Å². The smallest absolute Gasteiger partial charge is 0.298 e. The van der Waals surface area contributed by atoms with Gasteiger partial charge in [-0.2, -0.15) is 0 Å². The first-order chi connectivity index (χ1) is 14.1. The highest BCUT2D eigenvalue weighted by Crippen LogP contribution is 2.72. The van der Waals surface area contributed by atoms with Crippen molar-refractivity contribution < 1.29 is 13.6 Å². The molecule has 5 heteroatoms. The summed E-state index contributed by atoms with van der Waals surface area (Å²) in [6.07, 6.45) is 9.61. The molecule has 4 saturated carbocycles. The predicted octanol–water partition coefficient (Wildman–Crippen LogP) is 7.16. The fourth-order valence-corrected chi connectivity index (χ4v) is 10.4. The Hall–Kier alpha value is -0.396. The van der Waals surface area contributed by atoms with Crippen LogP contribution >= 0.6 is 0 Å². The Balaban J connectivity index is 1.77. The van der Waals surface area contributed by atoms with Gasteiger partial charge in [-0.05, 0) is 114 Å². The van der Waals surface area contributed by atoms with E-state index in [1.54, 1.807) is 0 Å². The van der Waals surface area contributed by atoms with Gasteiger partial charge in [0.2, 0.25) is 8.32 Å². The molecule has 0 radical (unpaired) electrons. The summed E-state index contributed by atoms with van der Waals surface area (Å²) in [6, 6.07) is 0. The van der Waals surface area contributed by atoms with Gasteiger partial charge in [-0.1, -0.05) is 25.5 Å². The topological polar surface area (TPSA) is 35.5 Å². The Morgan fingerprint density at radius 1 is 1.00 bits per heavy atom. The summed E-state index contributed by atoms with van der Waals surface area (Å²) < 4.78 is 13.2. The third-order valence-electron chi connectivity index (χ3n) is 9.48. The van der Waals surface area contributed by atoms with Gasteiger partial charge >= 0.3 is 0 Å². The van der Waals surface area contributed by atoms with Gasteiger partial charge in [0.15, 0.2) is 8.32 Å². The first-order valence-corrected chi connectivity index (χ1v) is 19.5. The summed E-state index contributed by atoms with van der Waals surface area (Å²) in [4.78, 5) is 13.7. The van der Waals surface area contributed by atoms with Gasteiger partial charge in [0, 0.05) is 5.41 Å². The van der Waals surface area contributed by atoms with Crippen molar-refractivity contribution in [2.75, 3.05) is 0 Å². The number of fused-ring (bicyclic) bond motifs is 3. The van der Waals surface area contributed by atoms with Gasteiger partial charge in [0.25, 0.3) is 5.97 Å². The molecule has 0 N–H and O–H groups in total. The maximum absolute atomic E-state index is 13.7. The molecule has 0 unspecified atom stereocenters. The summed E-state index contributed by atoms with van der Waals surface area (Å²) in [5.74, 6) is 1.75. The van der Waals surface area contributed by atoms with Crippen LogP contribution in [0.1, 0.15) is 65.2 Å². The van der Waals surface area contributed by atoms with E-state index in [1.165, 1.54) is 31.3 Å². The van der Waals surface area contributed by atoms with Crippen LogP contribution in [0, 0.1) is 34.0 Å². The first kappa shape index (κ1) is 23.8. The van der Waals surface area contributed by atoms with Crippen LogP contribution in [-0.4, -0.2) is 28.7 Å². The van der Waals surface area contributed by atoms with Gasteiger partial charge in [0.1, 0.15) is 0 Å². The minimum atomic E-state index is -1.93. The molecule has 7 atom stereocenters. The fourth-order valence-electron chi connectivity index (χ4n) is 8.46. The molecule has 1 spiro atoms. The average Bonchev–Trinajstić information content (AvgIpc) is 2.84. The minimum Gasteiger partial charge on any atom is -0.519 e. The van der Waals surface area contributed by atoms with Crippen molar-refractivity contribution in [2.24, 2.45) is 34.0 Å². The second-order valence-corrected chi connectivity index (χ2v) is 22.8. The molecule has 4 aliphatic carbocycles. The maximum atomic E-state index is 13.7. The maximum Gasteiger partial charge on any atom is 0.298 e. The molecule has 2 bridgehead atoms. The second kappa shape index (κ2) is 7.30. The van der Waals surface area contributed by atoms with E-state index in [1.807, 2.05) is 0 Å². The summed E-state index contributed by atoms with van der Waals surface area (Å²) in [6.45, 7) is 22.7. The quantitative estimate of drug-likeness (QED) is 0.328. The molecule has 0 aromatic carbocycles. The van der Waals surface area contributed by atoms with Crippen LogP contribution < -0.4 is 0 Å². The second-order valence-electron chi connectivity index (χ2n) is 13.9. The number of carbonyl (C=O) groups is 1. The Kier molecular flexibility index (Phi) is 5.59. The Bertz CT molecular complexity index is 766. The number of hydrogen-bond acceptors (Lipinski definition) is 3. The van der Waals surface area contributed by atoms with E-state index in [-0.39, 0.29) is 28.3 Å². The third-order valence-corrected chi connectivity index (χ3v) is 11.3. The van der Waals surface area contributed by atoms with Crippen LogP contribution in [0.3, 0.4) is 0 Å². The van der Waals surface area contributed by atoms with Crippen LogP contribution in [0.5, 0.6) is 0 Å². The largest absolute Gasteiger partial charge is 0.519 e. The van der Waals surface area contributed by atoms with Gasteiger partial charge in [0.05, 0.1) is 11.5 Å². The lowest BCUT2D eigenvalue weighted by Gasteiger charge is -2.66. The van der Waals surface area contributed by atoms with E-state index in [0.717, 1.165) is 25.7 Å². The van der Waals surface area contributed by atoms with E-state index < -0.39 is 16.6 Å². The fraction of sp³-hybridized carbons (Fsp3) is 0.885. The van der Waals surface area contributed by atoms with E-state index >= 15 is 0 Å². The van der Waals surface area contributed by atoms with Gasteiger partial charge in [-0.3, -0.25) is 4.79 Å². The number of rotatable bonds is 4. The minimum absolute atomic E-state index is 0.0785.